The Balaban J connectivity index is 1.78. The third-order valence-electron chi connectivity index (χ3n) is 4.48. The van der Waals surface area contributed by atoms with Crippen LogP contribution in [0.5, 0.6) is 5.75 Å². The number of amides is 1. The Morgan fingerprint density at radius 3 is 2.48 bits per heavy atom. The molecule has 0 saturated carbocycles. The van der Waals surface area contributed by atoms with Crippen molar-refractivity contribution in [3.05, 3.63) is 100 Å². The quantitative estimate of drug-likeness (QED) is 0.106. The highest BCUT2D eigenvalue weighted by molar-refractivity contribution is 14.1. The van der Waals surface area contributed by atoms with Crippen molar-refractivity contribution in [1.29, 1.82) is 5.26 Å². The number of aryl methyl sites for hydroxylation is 1. The normalized spacial score (nSPS) is 10.9. The zero-order valence-corrected chi connectivity index (χ0v) is 21.7. The van der Waals surface area contributed by atoms with Gasteiger partial charge in [-0.1, -0.05) is 35.9 Å². The van der Waals surface area contributed by atoms with Crippen LogP contribution in [-0.4, -0.2) is 10.8 Å². The van der Waals surface area contributed by atoms with E-state index in [2.05, 4.69) is 56.6 Å². The molecular formula is C24H17I2N3O4. The molecule has 3 aromatic rings. The summed E-state index contributed by atoms with van der Waals surface area (Å²) in [7, 11) is 0. The number of benzene rings is 3. The topological polar surface area (TPSA) is 105 Å². The van der Waals surface area contributed by atoms with Crippen molar-refractivity contribution >= 4 is 68.5 Å². The van der Waals surface area contributed by atoms with Gasteiger partial charge in [-0.25, -0.2) is 0 Å². The van der Waals surface area contributed by atoms with Crippen LogP contribution in [0.4, 0.5) is 11.4 Å². The molecule has 0 aromatic heterocycles. The summed E-state index contributed by atoms with van der Waals surface area (Å²) in [5.41, 5.74) is 2.85. The van der Waals surface area contributed by atoms with E-state index in [1.54, 1.807) is 0 Å². The fourth-order valence-electron chi connectivity index (χ4n) is 2.97. The van der Waals surface area contributed by atoms with E-state index >= 15 is 0 Å². The molecule has 0 fully saturated rings. The van der Waals surface area contributed by atoms with Gasteiger partial charge >= 0.3 is 0 Å². The van der Waals surface area contributed by atoms with Gasteiger partial charge in [-0.05, 0) is 87.5 Å². The second kappa shape index (κ2) is 11.2. The highest BCUT2D eigenvalue weighted by atomic mass is 127. The van der Waals surface area contributed by atoms with Crippen LogP contribution < -0.4 is 10.1 Å². The number of carbonyl (C=O) groups excluding carboxylic acids is 1. The van der Waals surface area contributed by atoms with Crippen LogP contribution in [0.3, 0.4) is 0 Å². The highest BCUT2D eigenvalue weighted by Crippen LogP contribution is 2.30. The average Bonchev–Trinajstić information content (AvgIpc) is 2.77. The van der Waals surface area contributed by atoms with Gasteiger partial charge in [0.1, 0.15) is 24.0 Å². The molecule has 166 valence electrons. The molecule has 0 heterocycles. The number of carbonyl (C=O) groups is 1. The molecule has 7 nitrogen and oxygen atoms in total. The molecule has 1 amide bonds. The number of ether oxygens (including phenoxy) is 1. The molecule has 3 aromatic carbocycles. The summed E-state index contributed by atoms with van der Waals surface area (Å²) in [6, 6.07) is 19.2. The molecule has 0 radical (unpaired) electrons. The zero-order chi connectivity index (χ0) is 24.0. The summed E-state index contributed by atoms with van der Waals surface area (Å²) in [6.45, 7) is 2.46. The van der Waals surface area contributed by atoms with Crippen molar-refractivity contribution in [3.8, 4) is 11.8 Å². The molecule has 0 aliphatic rings. The lowest BCUT2D eigenvalue weighted by atomic mass is 10.1. The molecule has 33 heavy (non-hydrogen) atoms. The third kappa shape index (κ3) is 6.75. The van der Waals surface area contributed by atoms with Crippen LogP contribution in [0.1, 0.15) is 16.7 Å². The molecule has 0 aliphatic carbocycles. The smallest absolute Gasteiger partial charge is 0.271 e. The summed E-state index contributed by atoms with van der Waals surface area (Å²) in [5.74, 6) is 0.0807. The first-order valence-electron chi connectivity index (χ1n) is 9.62. The number of anilines is 1. The number of hydrogen-bond donors (Lipinski definition) is 1. The van der Waals surface area contributed by atoms with Crippen LogP contribution in [-0.2, 0) is 11.4 Å². The number of nitrogens with one attached hydrogen (secondary N) is 1. The molecule has 9 heteroatoms. The lowest BCUT2D eigenvalue weighted by Gasteiger charge is -2.12. The molecule has 3 rings (SSSR count). The predicted octanol–water partition coefficient (Wildman–Crippen LogP) is 6.24. The molecule has 0 unspecified atom stereocenters. The minimum Gasteiger partial charge on any atom is -0.487 e. The largest absolute Gasteiger partial charge is 0.487 e. The zero-order valence-electron chi connectivity index (χ0n) is 17.3. The second-order valence-corrected chi connectivity index (χ2v) is 9.35. The van der Waals surface area contributed by atoms with Crippen molar-refractivity contribution in [1.82, 2.24) is 0 Å². The van der Waals surface area contributed by atoms with E-state index in [1.807, 2.05) is 43.3 Å². The maximum Gasteiger partial charge on any atom is 0.271 e. The van der Waals surface area contributed by atoms with E-state index in [4.69, 9.17) is 4.74 Å². The molecule has 0 spiro atoms. The van der Waals surface area contributed by atoms with Gasteiger partial charge < -0.3 is 10.1 Å². The van der Waals surface area contributed by atoms with Gasteiger partial charge in [0.05, 0.1) is 12.1 Å². The fraction of sp³-hybridized carbons (Fsp3) is 0.0833. The Labute approximate surface area is 217 Å². The van der Waals surface area contributed by atoms with Crippen molar-refractivity contribution in [2.24, 2.45) is 0 Å². The van der Waals surface area contributed by atoms with Gasteiger partial charge in [0.25, 0.3) is 11.6 Å². The van der Waals surface area contributed by atoms with E-state index < -0.39 is 10.8 Å². The Bertz CT molecular complexity index is 1280. The summed E-state index contributed by atoms with van der Waals surface area (Å²) in [4.78, 5) is 22.9. The van der Waals surface area contributed by atoms with Crippen LogP contribution in [0.25, 0.3) is 6.08 Å². The predicted molar refractivity (Wildman–Crippen MR) is 143 cm³/mol. The number of rotatable bonds is 7. The molecule has 0 bridgehead atoms. The number of non-ortho nitro benzene ring substituents is 1. The van der Waals surface area contributed by atoms with Gasteiger partial charge in [-0.15, -0.1) is 0 Å². The van der Waals surface area contributed by atoms with Crippen LogP contribution in [0, 0.1) is 35.5 Å². The fourth-order valence-corrected chi connectivity index (χ4v) is 5.10. The summed E-state index contributed by atoms with van der Waals surface area (Å²) >= 11 is 4.32. The average molecular weight is 665 g/mol. The molecule has 0 atom stereocenters. The highest BCUT2D eigenvalue weighted by Gasteiger charge is 2.14. The number of hydrogen-bond acceptors (Lipinski definition) is 5. The SMILES string of the molecule is Cc1cccc(COc2c(I)cc(/C=C(\C#N)C(=O)Nc3cccc([N+](=O)[O-])c3)cc2I)c1. The van der Waals surface area contributed by atoms with Crippen molar-refractivity contribution in [2.75, 3.05) is 5.32 Å². The minimum atomic E-state index is -0.650. The monoisotopic (exact) mass is 665 g/mol. The Morgan fingerprint density at radius 2 is 1.85 bits per heavy atom. The number of halogens is 2. The van der Waals surface area contributed by atoms with E-state index in [0.29, 0.717) is 12.2 Å². The maximum atomic E-state index is 12.6. The lowest BCUT2D eigenvalue weighted by Crippen LogP contribution is -2.13. The lowest BCUT2D eigenvalue weighted by molar-refractivity contribution is -0.384. The van der Waals surface area contributed by atoms with Crippen molar-refractivity contribution < 1.29 is 14.5 Å². The van der Waals surface area contributed by atoms with Gasteiger partial charge in [-0.3, -0.25) is 14.9 Å². The summed E-state index contributed by atoms with van der Waals surface area (Å²) in [6.07, 6.45) is 1.47. The van der Waals surface area contributed by atoms with E-state index in [9.17, 15) is 20.2 Å². The summed E-state index contributed by atoms with van der Waals surface area (Å²) in [5, 5.41) is 22.9. The summed E-state index contributed by atoms with van der Waals surface area (Å²) < 4.78 is 7.70. The number of nitrogens with zero attached hydrogens (tertiary/aromatic N) is 2. The Hall–Kier alpha value is -2.98. The number of nitriles is 1. The van der Waals surface area contributed by atoms with E-state index in [1.165, 1.54) is 30.3 Å². The van der Waals surface area contributed by atoms with E-state index in [-0.39, 0.29) is 16.9 Å². The van der Waals surface area contributed by atoms with Crippen molar-refractivity contribution in [3.63, 3.8) is 0 Å². The number of nitro benzene ring substituents is 1. The van der Waals surface area contributed by atoms with Gasteiger partial charge in [0.2, 0.25) is 0 Å². The standard InChI is InChI=1S/C24H17I2N3O4/c1-15-4-2-5-16(8-15)14-33-23-21(25)10-17(11-22(23)26)9-18(13-27)24(30)28-19-6-3-7-20(12-19)29(31)32/h2-12H,14H2,1H3,(H,28,30)/b18-9+. The first-order valence-corrected chi connectivity index (χ1v) is 11.8. The van der Waals surface area contributed by atoms with Crippen molar-refractivity contribution in [2.45, 2.75) is 13.5 Å². The Morgan fingerprint density at radius 1 is 1.15 bits per heavy atom. The van der Waals surface area contributed by atoms with E-state index in [0.717, 1.165) is 24.0 Å². The molecular weight excluding hydrogens is 648 g/mol. The maximum absolute atomic E-state index is 12.6. The van der Waals surface area contributed by atoms with Crippen LogP contribution >= 0.6 is 45.2 Å². The first-order chi connectivity index (χ1) is 15.8. The second-order valence-electron chi connectivity index (χ2n) is 7.02. The molecule has 0 saturated heterocycles. The molecule has 0 aliphatic heterocycles. The van der Waals surface area contributed by atoms with Gasteiger partial charge in [-0.2, -0.15) is 5.26 Å². The van der Waals surface area contributed by atoms with Crippen LogP contribution in [0.15, 0.2) is 66.2 Å². The van der Waals surface area contributed by atoms with Gasteiger partial charge in [0, 0.05) is 17.8 Å². The van der Waals surface area contributed by atoms with Gasteiger partial charge in [0.15, 0.2) is 0 Å². The molecule has 1 N–H and O–H groups in total. The Kier molecular flexibility index (Phi) is 8.40. The first kappa shape index (κ1) is 24.7. The third-order valence-corrected chi connectivity index (χ3v) is 6.08. The van der Waals surface area contributed by atoms with Crippen LogP contribution in [0.2, 0.25) is 0 Å². The minimum absolute atomic E-state index is 0.124. The number of nitro groups is 1.